The highest BCUT2D eigenvalue weighted by Gasteiger charge is 2.17. The lowest BCUT2D eigenvalue weighted by Gasteiger charge is -2.31. The molecule has 1 heterocycles. The molecule has 1 aliphatic rings. The largest absolute Gasteiger partial charge is 0.376 e. The maximum atomic E-state index is 8.77. The molecule has 0 radical (unpaired) electrons. The van der Waals surface area contributed by atoms with Gasteiger partial charge in [0.05, 0.1) is 24.3 Å². The van der Waals surface area contributed by atoms with E-state index in [1.165, 1.54) is 0 Å². The van der Waals surface area contributed by atoms with Crippen LogP contribution in [-0.4, -0.2) is 30.7 Å². The number of hydrogen-bond donors (Lipinski definition) is 0. The van der Waals surface area contributed by atoms with Gasteiger partial charge in [-0.1, -0.05) is 17.7 Å². The average Bonchev–Trinajstić information content (AvgIpc) is 2.32. The summed E-state index contributed by atoms with van der Waals surface area (Å²) in [5.74, 6) is 0. The van der Waals surface area contributed by atoms with Gasteiger partial charge in [-0.15, -0.1) is 0 Å². The monoisotopic (exact) mass is 250 g/mol. The summed E-state index contributed by atoms with van der Waals surface area (Å²) in [4.78, 5) is 2.32. The van der Waals surface area contributed by atoms with Crippen molar-refractivity contribution < 1.29 is 4.74 Å². The lowest BCUT2D eigenvalue weighted by atomic mass is 10.1. The van der Waals surface area contributed by atoms with Crippen molar-refractivity contribution in [2.24, 2.45) is 0 Å². The van der Waals surface area contributed by atoms with E-state index in [1.807, 2.05) is 12.1 Å². The van der Waals surface area contributed by atoms with E-state index < -0.39 is 0 Å². The molecule has 0 aliphatic carbocycles. The molecule has 2 rings (SSSR count). The van der Waals surface area contributed by atoms with Gasteiger partial charge in [-0.3, -0.25) is 4.90 Å². The first-order valence-electron chi connectivity index (χ1n) is 5.71. The van der Waals surface area contributed by atoms with Gasteiger partial charge in [0.2, 0.25) is 0 Å². The molecule has 1 atom stereocenters. The van der Waals surface area contributed by atoms with E-state index in [0.29, 0.717) is 10.6 Å². The third-order valence-corrected chi connectivity index (χ3v) is 3.25. The van der Waals surface area contributed by atoms with Gasteiger partial charge in [-0.25, -0.2) is 0 Å². The van der Waals surface area contributed by atoms with Crippen LogP contribution in [0.2, 0.25) is 5.02 Å². The predicted octanol–water partition coefficient (Wildman–Crippen LogP) is 2.43. The average molecular weight is 251 g/mol. The predicted molar refractivity (Wildman–Crippen MR) is 66.9 cm³/mol. The fraction of sp³-hybridized carbons (Fsp3) is 0.462. The van der Waals surface area contributed by atoms with Crippen LogP contribution < -0.4 is 0 Å². The maximum Gasteiger partial charge on any atom is 0.0992 e. The smallest absolute Gasteiger partial charge is 0.0992 e. The van der Waals surface area contributed by atoms with Crippen LogP contribution in [0.25, 0.3) is 0 Å². The van der Waals surface area contributed by atoms with Crippen LogP contribution >= 0.6 is 11.6 Å². The van der Waals surface area contributed by atoms with Crippen LogP contribution in [0.4, 0.5) is 0 Å². The molecule has 1 aromatic rings. The number of benzene rings is 1. The van der Waals surface area contributed by atoms with E-state index in [0.717, 1.165) is 31.8 Å². The molecule has 0 amide bonds. The lowest BCUT2D eigenvalue weighted by molar-refractivity contribution is -0.0212. The Bertz CT molecular complexity index is 442. The Morgan fingerprint density at radius 2 is 2.41 bits per heavy atom. The molecular formula is C13H15ClN2O. The van der Waals surface area contributed by atoms with Gasteiger partial charge in [0.25, 0.3) is 0 Å². The summed E-state index contributed by atoms with van der Waals surface area (Å²) in [6, 6.07) is 7.55. The first-order valence-corrected chi connectivity index (χ1v) is 6.09. The quantitative estimate of drug-likeness (QED) is 0.809. The van der Waals surface area contributed by atoms with Crippen molar-refractivity contribution in [3.63, 3.8) is 0 Å². The van der Waals surface area contributed by atoms with Crippen molar-refractivity contribution in [3.8, 4) is 6.07 Å². The minimum atomic E-state index is 0.279. The molecule has 0 N–H and O–H groups in total. The molecule has 0 spiro atoms. The first kappa shape index (κ1) is 12.4. The number of nitrogens with zero attached hydrogens (tertiary/aromatic N) is 2. The van der Waals surface area contributed by atoms with Crippen molar-refractivity contribution in [3.05, 3.63) is 34.3 Å². The Hall–Kier alpha value is -1.08. The minimum Gasteiger partial charge on any atom is -0.376 e. The zero-order valence-electron chi connectivity index (χ0n) is 9.82. The van der Waals surface area contributed by atoms with Crippen LogP contribution in [0.5, 0.6) is 0 Å². The van der Waals surface area contributed by atoms with Gasteiger partial charge in [-0.2, -0.15) is 5.26 Å². The van der Waals surface area contributed by atoms with Crippen molar-refractivity contribution in [2.45, 2.75) is 19.6 Å². The number of nitriles is 1. The van der Waals surface area contributed by atoms with Crippen molar-refractivity contribution >= 4 is 11.6 Å². The van der Waals surface area contributed by atoms with E-state index in [4.69, 9.17) is 21.6 Å². The molecule has 1 aliphatic heterocycles. The number of halogens is 1. The van der Waals surface area contributed by atoms with E-state index in [1.54, 1.807) is 6.07 Å². The van der Waals surface area contributed by atoms with Crippen molar-refractivity contribution in [1.82, 2.24) is 4.90 Å². The Balaban J connectivity index is 2.06. The standard InChI is InChI=1S/C13H15ClN2O/c1-10-8-16(4-5-17-10)9-12-3-2-11(7-15)6-13(12)14/h2-3,6,10H,4-5,8-9H2,1H3. The molecule has 0 bridgehead atoms. The summed E-state index contributed by atoms with van der Waals surface area (Å²) < 4.78 is 5.49. The van der Waals surface area contributed by atoms with Crippen molar-refractivity contribution in [2.75, 3.05) is 19.7 Å². The maximum absolute atomic E-state index is 8.77. The highest BCUT2D eigenvalue weighted by molar-refractivity contribution is 6.31. The molecule has 1 aromatic carbocycles. The van der Waals surface area contributed by atoms with Gasteiger partial charge in [0.1, 0.15) is 0 Å². The SMILES string of the molecule is CC1CN(Cc2ccc(C#N)cc2Cl)CCO1. The second kappa shape index (κ2) is 5.50. The Labute approximate surface area is 107 Å². The van der Waals surface area contributed by atoms with Crippen LogP contribution in [0.15, 0.2) is 18.2 Å². The minimum absolute atomic E-state index is 0.279. The highest BCUT2D eigenvalue weighted by atomic mass is 35.5. The van der Waals surface area contributed by atoms with E-state index >= 15 is 0 Å². The number of rotatable bonds is 2. The van der Waals surface area contributed by atoms with E-state index in [2.05, 4.69) is 17.9 Å². The Morgan fingerprint density at radius 1 is 1.59 bits per heavy atom. The fourth-order valence-electron chi connectivity index (χ4n) is 2.02. The van der Waals surface area contributed by atoms with E-state index in [9.17, 15) is 0 Å². The van der Waals surface area contributed by atoms with Crippen LogP contribution in [0.3, 0.4) is 0 Å². The molecule has 0 saturated carbocycles. The summed E-state index contributed by atoms with van der Waals surface area (Å²) in [6.07, 6.45) is 0.279. The molecule has 3 nitrogen and oxygen atoms in total. The van der Waals surface area contributed by atoms with E-state index in [-0.39, 0.29) is 6.10 Å². The van der Waals surface area contributed by atoms with Crippen LogP contribution in [-0.2, 0) is 11.3 Å². The third-order valence-electron chi connectivity index (χ3n) is 2.90. The Morgan fingerprint density at radius 3 is 3.06 bits per heavy atom. The summed E-state index contributed by atoms with van der Waals surface area (Å²) in [7, 11) is 0. The van der Waals surface area contributed by atoms with Gasteiger partial charge in [-0.05, 0) is 24.6 Å². The fourth-order valence-corrected chi connectivity index (χ4v) is 2.26. The van der Waals surface area contributed by atoms with Gasteiger partial charge < -0.3 is 4.74 Å². The number of ether oxygens (including phenoxy) is 1. The zero-order chi connectivity index (χ0) is 12.3. The summed E-state index contributed by atoms with van der Waals surface area (Å²) in [5, 5.41) is 9.44. The zero-order valence-corrected chi connectivity index (χ0v) is 10.6. The van der Waals surface area contributed by atoms with Gasteiger partial charge >= 0.3 is 0 Å². The third kappa shape index (κ3) is 3.19. The first-order chi connectivity index (χ1) is 8.19. The number of morpholine rings is 1. The summed E-state index contributed by atoms with van der Waals surface area (Å²) in [6.45, 7) is 5.52. The van der Waals surface area contributed by atoms with Crippen LogP contribution in [0.1, 0.15) is 18.1 Å². The second-order valence-corrected chi connectivity index (χ2v) is 4.74. The summed E-state index contributed by atoms with van der Waals surface area (Å²) in [5.41, 5.74) is 1.67. The van der Waals surface area contributed by atoms with Gasteiger partial charge in [0, 0.05) is 24.7 Å². The Kier molecular flexibility index (Phi) is 4.01. The highest BCUT2D eigenvalue weighted by Crippen LogP contribution is 2.20. The molecule has 4 heteroatoms. The van der Waals surface area contributed by atoms with Crippen LogP contribution in [0, 0.1) is 11.3 Å². The van der Waals surface area contributed by atoms with Crippen molar-refractivity contribution in [1.29, 1.82) is 5.26 Å². The molecule has 17 heavy (non-hydrogen) atoms. The summed E-state index contributed by atoms with van der Waals surface area (Å²) >= 11 is 6.15. The van der Waals surface area contributed by atoms with Gasteiger partial charge in [0.15, 0.2) is 0 Å². The topological polar surface area (TPSA) is 36.3 Å². The number of hydrogen-bond acceptors (Lipinski definition) is 3. The molecule has 0 aromatic heterocycles. The second-order valence-electron chi connectivity index (χ2n) is 4.33. The molecule has 1 unspecified atom stereocenters. The lowest BCUT2D eigenvalue weighted by Crippen LogP contribution is -2.40. The normalized spacial score (nSPS) is 21.1. The molecule has 1 saturated heterocycles. The molecule has 90 valence electrons. The molecule has 1 fully saturated rings. The molecular weight excluding hydrogens is 236 g/mol.